The molecule has 0 aliphatic carbocycles. The number of nitrogens with zero attached hydrogens (tertiary/aromatic N) is 1. The Balaban J connectivity index is 1.90. The number of piperidine rings is 1. The summed E-state index contributed by atoms with van der Waals surface area (Å²) in [5.41, 5.74) is 0. The van der Waals surface area contributed by atoms with Crippen molar-refractivity contribution in [3.8, 4) is 5.75 Å². The van der Waals surface area contributed by atoms with E-state index in [0.29, 0.717) is 5.75 Å². The highest BCUT2D eigenvalue weighted by Gasteiger charge is 2.21. The van der Waals surface area contributed by atoms with Crippen LogP contribution in [0.5, 0.6) is 5.75 Å². The third-order valence-electron chi connectivity index (χ3n) is 3.40. The van der Waals surface area contributed by atoms with Gasteiger partial charge in [0, 0.05) is 13.1 Å². The van der Waals surface area contributed by atoms with Crippen molar-refractivity contribution in [1.29, 1.82) is 0 Å². The third-order valence-corrected chi connectivity index (χ3v) is 4.64. The van der Waals surface area contributed by atoms with Crippen LogP contribution in [-0.2, 0) is 4.79 Å². The molecule has 0 bridgehead atoms. The fourth-order valence-electron chi connectivity index (χ4n) is 2.10. The summed E-state index contributed by atoms with van der Waals surface area (Å²) >= 11 is 6.84. The maximum atomic E-state index is 12.1. The van der Waals surface area contributed by atoms with Gasteiger partial charge in [-0.3, -0.25) is 4.79 Å². The molecule has 2 rings (SSSR count). The minimum absolute atomic E-state index is 0.0644. The lowest BCUT2D eigenvalue weighted by Gasteiger charge is -2.30. The average molecular weight is 391 g/mol. The second-order valence-electron chi connectivity index (χ2n) is 4.90. The highest BCUT2D eigenvalue weighted by molar-refractivity contribution is 9.11. The second kappa shape index (κ2) is 6.75. The summed E-state index contributed by atoms with van der Waals surface area (Å²) in [6.45, 7) is 4.02. The average Bonchev–Trinajstić information content (AvgIpc) is 2.38. The van der Waals surface area contributed by atoms with Crippen molar-refractivity contribution in [2.45, 2.75) is 19.8 Å². The van der Waals surface area contributed by atoms with E-state index in [1.807, 2.05) is 23.1 Å². The molecule has 0 unspecified atom stereocenters. The number of para-hydroxylation sites is 1. The largest absolute Gasteiger partial charge is 0.481 e. The predicted molar refractivity (Wildman–Crippen MR) is 82.3 cm³/mol. The molecule has 5 heteroatoms. The quantitative estimate of drug-likeness (QED) is 0.784. The molecule has 1 aromatic rings. The molecule has 1 aliphatic heterocycles. The molecule has 104 valence electrons. The van der Waals surface area contributed by atoms with Crippen LogP contribution in [0.4, 0.5) is 0 Å². The lowest BCUT2D eigenvalue weighted by atomic mass is 9.99. The monoisotopic (exact) mass is 389 g/mol. The van der Waals surface area contributed by atoms with Gasteiger partial charge in [0.05, 0.1) is 8.95 Å². The SMILES string of the molecule is CC1CCN(C(=O)COc2c(Br)cccc2Br)CC1. The van der Waals surface area contributed by atoms with E-state index < -0.39 is 0 Å². The molecule has 1 aromatic carbocycles. The summed E-state index contributed by atoms with van der Waals surface area (Å²) in [6, 6.07) is 5.70. The Labute approximate surface area is 130 Å². The zero-order chi connectivity index (χ0) is 13.8. The van der Waals surface area contributed by atoms with E-state index in [2.05, 4.69) is 38.8 Å². The Kier molecular flexibility index (Phi) is 5.28. The molecule has 0 aromatic heterocycles. The standard InChI is InChI=1S/C14H17Br2NO2/c1-10-5-7-17(8-6-10)13(18)9-19-14-11(15)3-2-4-12(14)16/h2-4,10H,5-9H2,1H3. The van der Waals surface area contributed by atoms with Gasteiger partial charge in [-0.2, -0.15) is 0 Å². The number of amides is 1. The summed E-state index contributed by atoms with van der Waals surface area (Å²) in [5, 5.41) is 0. The molecule has 1 aliphatic rings. The first-order chi connectivity index (χ1) is 9.08. The number of hydrogen-bond acceptors (Lipinski definition) is 2. The predicted octanol–water partition coefficient (Wildman–Crippen LogP) is 3.85. The molecule has 0 N–H and O–H groups in total. The molecule has 1 heterocycles. The zero-order valence-electron chi connectivity index (χ0n) is 10.9. The summed E-state index contributed by atoms with van der Waals surface area (Å²) in [4.78, 5) is 14.0. The third kappa shape index (κ3) is 3.96. The molecule has 0 saturated carbocycles. The van der Waals surface area contributed by atoms with Gasteiger partial charge in [-0.05, 0) is 62.8 Å². The Morgan fingerprint density at radius 3 is 2.47 bits per heavy atom. The van der Waals surface area contributed by atoms with Crippen molar-refractivity contribution in [3.63, 3.8) is 0 Å². The molecule has 3 nitrogen and oxygen atoms in total. The Hall–Kier alpha value is -0.550. The van der Waals surface area contributed by atoms with Crippen LogP contribution in [0.15, 0.2) is 27.1 Å². The van der Waals surface area contributed by atoms with E-state index in [0.717, 1.165) is 40.8 Å². The van der Waals surface area contributed by atoms with E-state index >= 15 is 0 Å². The highest BCUT2D eigenvalue weighted by atomic mass is 79.9. The van der Waals surface area contributed by atoms with Gasteiger partial charge >= 0.3 is 0 Å². The number of ether oxygens (including phenoxy) is 1. The zero-order valence-corrected chi connectivity index (χ0v) is 14.0. The van der Waals surface area contributed by atoms with Gasteiger partial charge in [0.1, 0.15) is 5.75 Å². The number of halogens is 2. The van der Waals surface area contributed by atoms with Crippen molar-refractivity contribution in [2.24, 2.45) is 5.92 Å². The van der Waals surface area contributed by atoms with Crippen LogP contribution in [0.1, 0.15) is 19.8 Å². The smallest absolute Gasteiger partial charge is 0.260 e. The van der Waals surface area contributed by atoms with Gasteiger partial charge in [-0.15, -0.1) is 0 Å². The summed E-state index contributed by atoms with van der Waals surface area (Å²) in [6.07, 6.45) is 2.18. The first-order valence-corrected chi connectivity index (χ1v) is 8.01. The minimum Gasteiger partial charge on any atom is -0.481 e. The fourth-order valence-corrected chi connectivity index (χ4v) is 3.33. The maximum absolute atomic E-state index is 12.1. The first kappa shape index (κ1) is 14.9. The number of carbonyl (C=O) groups is 1. The molecular weight excluding hydrogens is 374 g/mol. The van der Waals surface area contributed by atoms with Crippen LogP contribution in [0.3, 0.4) is 0 Å². The van der Waals surface area contributed by atoms with Crippen LogP contribution < -0.4 is 4.74 Å². The molecule has 0 atom stereocenters. The van der Waals surface area contributed by atoms with Crippen molar-refractivity contribution >= 4 is 37.8 Å². The lowest BCUT2D eigenvalue weighted by Crippen LogP contribution is -2.40. The molecule has 1 saturated heterocycles. The van der Waals surface area contributed by atoms with E-state index in [1.165, 1.54) is 0 Å². The molecule has 0 spiro atoms. The number of likely N-dealkylation sites (tertiary alicyclic amines) is 1. The van der Waals surface area contributed by atoms with Crippen LogP contribution in [0, 0.1) is 5.92 Å². The number of benzene rings is 1. The van der Waals surface area contributed by atoms with E-state index in [9.17, 15) is 4.79 Å². The molecule has 19 heavy (non-hydrogen) atoms. The van der Waals surface area contributed by atoms with Crippen molar-refractivity contribution in [2.75, 3.05) is 19.7 Å². The van der Waals surface area contributed by atoms with Crippen molar-refractivity contribution < 1.29 is 9.53 Å². The van der Waals surface area contributed by atoms with Gasteiger partial charge in [-0.1, -0.05) is 13.0 Å². The van der Waals surface area contributed by atoms with Gasteiger partial charge in [0.15, 0.2) is 6.61 Å². The van der Waals surface area contributed by atoms with Gasteiger partial charge in [-0.25, -0.2) is 0 Å². The van der Waals surface area contributed by atoms with Gasteiger partial charge < -0.3 is 9.64 Å². The summed E-state index contributed by atoms with van der Waals surface area (Å²) < 4.78 is 7.32. The topological polar surface area (TPSA) is 29.5 Å². The number of carbonyl (C=O) groups excluding carboxylic acids is 1. The molecular formula is C14H17Br2NO2. The molecule has 0 radical (unpaired) electrons. The number of rotatable bonds is 3. The van der Waals surface area contributed by atoms with E-state index in [-0.39, 0.29) is 12.5 Å². The fraction of sp³-hybridized carbons (Fsp3) is 0.500. The normalized spacial score (nSPS) is 16.5. The lowest BCUT2D eigenvalue weighted by molar-refractivity contribution is -0.134. The van der Waals surface area contributed by atoms with E-state index in [1.54, 1.807) is 0 Å². The summed E-state index contributed by atoms with van der Waals surface area (Å²) in [5.74, 6) is 1.47. The Bertz CT molecular complexity index is 437. The van der Waals surface area contributed by atoms with Crippen molar-refractivity contribution in [3.05, 3.63) is 27.1 Å². The highest BCUT2D eigenvalue weighted by Crippen LogP contribution is 2.33. The molecule has 1 fully saturated rings. The minimum atomic E-state index is 0.0644. The Morgan fingerprint density at radius 1 is 1.32 bits per heavy atom. The maximum Gasteiger partial charge on any atom is 0.260 e. The Morgan fingerprint density at radius 2 is 1.89 bits per heavy atom. The van der Waals surface area contributed by atoms with Crippen LogP contribution in [0.2, 0.25) is 0 Å². The second-order valence-corrected chi connectivity index (χ2v) is 6.61. The van der Waals surface area contributed by atoms with Gasteiger partial charge in [0.2, 0.25) is 0 Å². The van der Waals surface area contributed by atoms with Crippen molar-refractivity contribution in [1.82, 2.24) is 4.90 Å². The van der Waals surface area contributed by atoms with Gasteiger partial charge in [0.25, 0.3) is 5.91 Å². The number of hydrogen-bond donors (Lipinski definition) is 0. The van der Waals surface area contributed by atoms with E-state index in [4.69, 9.17) is 4.74 Å². The van der Waals surface area contributed by atoms with Crippen LogP contribution in [0.25, 0.3) is 0 Å². The summed E-state index contributed by atoms with van der Waals surface area (Å²) in [7, 11) is 0. The van der Waals surface area contributed by atoms with Crippen LogP contribution in [-0.4, -0.2) is 30.5 Å². The van der Waals surface area contributed by atoms with Crippen LogP contribution >= 0.6 is 31.9 Å². The first-order valence-electron chi connectivity index (χ1n) is 6.42. The molecule has 1 amide bonds.